The van der Waals surface area contributed by atoms with E-state index in [9.17, 15) is 0 Å². The van der Waals surface area contributed by atoms with Crippen LogP contribution in [-0.4, -0.2) is 0 Å². The minimum atomic E-state index is 1.13. The molecule has 0 spiro atoms. The van der Waals surface area contributed by atoms with Crippen LogP contribution in [0.4, 0.5) is 34.1 Å². The molecule has 2 nitrogen and oxygen atoms in total. The molecule has 0 aliphatic carbocycles. The van der Waals surface area contributed by atoms with Crippen LogP contribution in [-0.2, 0) is 0 Å². The van der Waals surface area contributed by atoms with Crippen LogP contribution in [0.2, 0.25) is 0 Å². The fourth-order valence-corrected chi connectivity index (χ4v) is 12.3. The second kappa shape index (κ2) is 14.0. The summed E-state index contributed by atoms with van der Waals surface area (Å²) in [7, 11) is 0. The van der Waals surface area contributed by atoms with Gasteiger partial charge in [-0.1, -0.05) is 164 Å². The van der Waals surface area contributed by atoms with Gasteiger partial charge in [0.1, 0.15) is 0 Å². The third kappa shape index (κ3) is 5.34. The summed E-state index contributed by atoms with van der Waals surface area (Å²) in [5.74, 6) is 0. The molecular weight excluding hydrogens is 789 g/mol. The molecule has 0 saturated heterocycles. The maximum atomic E-state index is 2.53. The SMILES string of the molecule is c1ccc(-c2ccccc2N(c2ccc3ccc4c(N(c5ccccc5)c5cccc6c5sc5ccccc56)ccc5ccc2c3c54)c2cccc3c2sc2ccccc23)cc1. The predicted molar refractivity (Wildman–Crippen MR) is 271 cm³/mol. The fraction of sp³-hybridized carbons (Fsp3) is 0. The van der Waals surface area contributed by atoms with E-state index in [1.54, 1.807) is 0 Å². The predicted octanol–water partition coefficient (Wildman–Crippen LogP) is 17.9. The van der Waals surface area contributed by atoms with Crippen molar-refractivity contribution < 1.29 is 0 Å². The number of nitrogens with zero attached hydrogens (tertiary/aromatic N) is 2. The lowest BCUT2D eigenvalue weighted by Gasteiger charge is -2.31. The Morgan fingerprint density at radius 1 is 0.274 bits per heavy atom. The van der Waals surface area contributed by atoms with Gasteiger partial charge in [0.2, 0.25) is 0 Å². The van der Waals surface area contributed by atoms with Crippen molar-refractivity contribution in [3.63, 3.8) is 0 Å². The highest BCUT2D eigenvalue weighted by molar-refractivity contribution is 7.26. The molecule has 2 heterocycles. The average molecular weight is 825 g/mol. The van der Waals surface area contributed by atoms with Crippen LogP contribution in [0.3, 0.4) is 0 Å². The van der Waals surface area contributed by atoms with Crippen molar-refractivity contribution in [3.8, 4) is 11.1 Å². The summed E-state index contributed by atoms with van der Waals surface area (Å²) in [5.41, 5.74) is 9.33. The first-order valence-electron chi connectivity index (χ1n) is 21.1. The molecule has 62 heavy (non-hydrogen) atoms. The summed E-state index contributed by atoms with van der Waals surface area (Å²) in [6.45, 7) is 0. The molecule has 13 aromatic rings. The summed E-state index contributed by atoms with van der Waals surface area (Å²) in [4.78, 5) is 5.01. The summed E-state index contributed by atoms with van der Waals surface area (Å²) in [6.07, 6.45) is 0. The van der Waals surface area contributed by atoms with Crippen LogP contribution in [0, 0.1) is 0 Å². The molecule has 13 rings (SSSR count). The molecule has 0 N–H and O–H groups in total. The lowest BCUT2D eigenvalue weighted by molar-refractivity contribution is 1.32. The zero-order valence-corrected chi connectivity index (χ0v) is 35.1. The number of hydrogen-bond acceptors (Lipinski definition) is 4. The highest BCUT2D eigenvalue weighted by Gasteiger charge is 2.26. The molecule has 2 aromatic heterocycles. The molecule has 0 amide bonds. The lowest BCUT2D eigenvalue weighted by atomic mass is 9.91. The number of benzene rings is 11. The lowest BCUT2D eigenvalue weighted by Crippen LogP contribution is -2.12. The summed E-state index contributed by atoms with van der Waals surface area (Å²) in [5, 5.41) is 12.6. The van der Waals surface area contributed by atoms with Gasteiger partial charge in [0, 0.05) is 53.0 Å². The highest BCUT2D eigenvalue weighted by Crippen LogP contribution is 2.52. The van der Waals surface area contributed by atoms with Crippen LogP contribution >= 0.6 is 22.7 Å². The van der Waals surface area contributed by atoms with E-state index in [4.69, 9.17) is 0 Å². The zero-order valence-electron chi connectivity index (χ0n) is 33.5. The Morgan fingerprint density at radius 2 is 0.726 bits per heavy atom. The Labute approximate surface area is 366 Å². The van der Waals surface area contributed by atoms with Crippen LogP contribution in [0.1, 0.15) is 0 Å². The van der Waals surface area contributed by atoms with Gasteiger partial charge in [-0.2, -0.15) is 0 Å². The van der Waals surface area contributed by atoms with Crippen LogP contribution in [0.25, 0.3) is 83.8 Å². The van der Waals surface area contributed by atoms with E-state index in [1.807, 2.05) is 22.7 Å². The minimum Gasteiger partial charge on any atom is -0.308 e. The third-order valence-electron chi connectivity index (χ3n) is 12.6. The van der Waals surface area contributed by atoms with E-state index in [1.165, 1.54) is 95.2 Å². The summed E-state index contributed by atoms with van der Waals surface area (Å²) < 4.78 is 5.16. The van der Waals surface area contributed by atoms with E-state index < -0.39 is 0 Å². The molecular formula is C58H36N2S2. The van der Waals surface area contributed by atoms with Crippen LogP contribution in [0.15, 0.2) is 218 Å². The van der Waals surface area contributed by atoms with Crippen molar-refractivity contribution in [1.29, 1.82) is 0 Å². The first kappa shape index (κ1) is 35.3. The molecule has 0 radical (unpaired) electrons. The van der Waals surface area contributed by atoms with Gasteiger partial charge in [-0.25, -0.2) is 0 Å². The van der Waals surface area contributed by atoms with E-state index in [2.05, 4.69) is 228 Å². The maximum absolute atomic E-state index is 2.53. The first-order valence-corrected chi connectivity index (χ1v) is 22.7. The van der Waals surface area contributed by atoms with Gasteiger partial charge in [-0.3, -0.25) is 0 Å². The Balaban J connectivity index is 1.10. The molecule has 0 bridgehead atoms. The molecule has 11 aromatic carbocycles. The number of hydrogen-bond donors (Lipinski definition) is 0. The van der Waals surface area contributed by atoms with Gasteiger partial charge in [-0.15, -0.1) is 22.7 Å². The number of rotatable bonds is 7. The Bertz CT molecular complexity index is 3830. The second-order valence-corrected chi connectivity index (χ2v) is 18.1. The van der Waals surface area contributed by atoms with Gasteiger partial charge < -0.3 is 9.80 Å². The van der Waals surface area contributed by atoms with Crippen molar-refractivity contribution in [2.45, 2.75) is 0 Å². The topological polar surface area (TPSA) is 6.48 Å². The molecule has 0 unspecified atom stereocenters. The number of para-hydroxylation sites is 2. The van der Waals surface area contributed by atoms with Gasteiger partial charge in [-0.05, 0) is 81.7 Å². The van der Waals surface area contributed by atoms with Gasteiger partial charge >= 0.3 is 0 Å². The van der Waals surface area contributed by atoms with Gasteiger partial charge in [0.15, 0.2) is 0 Å². The molecule has 290 valence electrons. The summed E-state index contributed by atoms with van der Waals surface area (Å²) in [6, 6.07) is 80.5. The normalized spacial score (nSPS) is 11.9. The molecule has 0 aliphatic rings. The highest BCUT2D eigenvalue weighted by atomic mass is 32.1. The third-order valence-corrected chi connectivity index (χ3v) is 15.0. The molecule has 0 fully saturated rings. The summed E-state index contributed by atoms with van der Waals surface area (Å²) >= 11 is 3.75. The molecule has 0 atom stereocenters. The largest absolute Gasteiger partial charge is 0.308 e. The minimum absolute atomic E-state index is 1.13. The van der Waals surface area contributed by atoms with Crippen LogP contribution in [0.5, 0.6) is 0 Å². The quantitative estimate of drug-likeness (QED) is 0.148. The Kier molecular flexibility index (Phi) is 7.99. The van der Waals surface area contributed by atoms with E-state index in [0.29, 0.717) is 0 Å². The number of anilines is 6. The number of thiophene rings is 2. The first-order chi connectivity index (χ1) is 30.8. The smallest absolute Gasteiger partial charge is 0.0640 e. The van der Waals surface area contributed by atoms with Gasteiger partial charge in [0.05, 0.1) is 37.8 Å². The standard InChI is InChI=1S/C58H36N2S2/c1-3-15-37(16-4-1)41-19-7-10-24-48(41)60(52-26-14-23-45-43-21-9-12-28-54(43)62-58(45)52)50-36-32-39-29-33-46-49(35-31-38-30-34-47(50)56(39)55(38)46)59(40-17-5-2-6-18-40)51-25-13-22-44-42-20-8-11-27-53(42)61-57(44)51/h1-36H. The van der Waals surface area contributed by atoms with Gasteiger partial charge in [0.25, 0.3) is 0 Å². The second-order valence-electron chi connectivity index (χ2n) is 16.0. The van der Waals surface area contributed by atoms with E-state index in [0.717, 1.165) is 22.7 Å². The van der Waals surface area contributed by atoms with Crippen LogP contribution < -0.4 is 9.80 Å². The van der Waals surface area contributed by atoms with Crippen molar-refractivity contribution in [2.75, 3.05) is 9.80 Å². The number of fused-ring (bicyclic) bond motifs is 6. The van der Waals surface area contributed by atoms with Crippen molar-refractivity contribution >= 4 is 129 Å². The Hall–Kier alpha value is -7.50. The monoisotopic (exact) mass is 824 g/mol. The zero-order chi connectivity index (χ0) is 40.7. The average Bonchev–Trinajstić information content (AvgIpc) is 3.92. The molecule has 0 aliphatic heterocycles. The van der Waals surface area contributed by atoms with Crippen molar-refractivity contribution in [1.82, 2.24) is 0 Å². The Morgan fingerprint density at radius 3 is 1.34 bits per heavy atom. The fourth-order valence-electron chi connectivity index (χ4n) is 9.88. The maximum Gasteiger partial charge on any atom is 0.0640 e. The van der Waals surface area contributed by atoms with E-state index >= 15 is 0 Å². The molecule has 4 heteroatoms. The molecule has 0 saturated carbocycles. The van der Waals surface area contributed by atoms with E-state index in [-0.39, 0.29) is 0 Å². The van der Waals surface area contributed by atoms with Crippen molar-refractivity contribution in [2.24, 2.45) is 0 Å². The van der Waals surface area contributed by atoms with Crippen molar-refractivity contribution in [3.05, 3.63) is 218 Å².